The molecule has 0 aliphatic carbocycles. The minimum absolute atomic E-state index is 0.115. The van der Waals surface area contributed by atoms with E-state index in [9.17, 15) is 27.6 Å². The second-order valence-electron chi connectivity index (χ2n) is 5.63. The third-order valence-electron chi connectivity index (χ3n) is 3.67. The molecule has 0 aromatic heterocycles. The number of benzene rings is 2. The first-order valence-corrected chi connectivity index (χ1v) is 9.68. The zero-order valence-corrected chi connectivity index (χ0v) is 16.3. The van der Waals surface area contributed by atoms with Crippen molar-refractivity contribution >= 4 is 44.8 Å². The Hall–Kier alpha value is -3.73. The molecule has 0 atom stereocenters. The number of anilines is 2. The molecule has 2 aromatic rings. The van der Waals surface area contributed by atoms with Crippen LogP contribution in [0.25, 0.3) is 0 Å². The predicted molar refractivity (Wildman–Crippen MR) is 104 cm³/mol. The van der Waals surface area contributed by atoms with E-state index in [-0.39, 0.29) is 21.2 Å². The number of likely N-dealkylation sites (N-methyl/N-ethyl adjacent to an activating group) is 2. The summed E-state index contributed by atoms with van der Waals surface area (Å²) in [5.74, 6) is -3.64. The number of hydrogen-bond donors (Lipinski definition) is 4. The molecular formula is C18H18N4O6S. The van der Waals surface area contributed by atoms with Gasteiger partial charge < -0.3 is 21.3 Å². The molecular weight excluding hydrogens is 400 g/mol. The van der Waals surface area contributed by atoms with Crippen LogP contribution in [0.5, 0.6) is 0 Å². The highest BCUT2D eigenvalue weighted by Gasteiger charge is 2.20. The first-order valence-electron chi connectivity index (χ1n) is 8.20. The van der Waals surface area contributed by atoms with Crippen LogP contribution in [0.4, 0.5) is 11.4 Å². The van der Waals surface area contributed by atoms with Crippen molar-refractivity contribution in [1.29, 1.82) is 0 Å². The Morgan fingerprint density at radius 3 is 1.38 bits per heavy atom. The fraction of sp³-hybridized carbons (Fsp3) is 0.111. The zero-order valence-electron chi connectivity index (χ0n) is 15.5. The van der Waals surface area contributed by atoms with Crippen molar-refractivity contribution < 1.29 is 27.6 Å². The highest BCUT2D eigenvalue weighted by Crippen LogP contribution is 2.25. The maximum absolute atomic E-state index is 12.9. The molecule has 0 unspecified atom stereocenters. The summed E-state index contributed by atoms with van der Waals surface area (Å²) in [5.41, 5.74) is 0.229. The first-order chi connectivity index (χ1) is 13.7. The van der Waals surface area contributed by atoms with Crippen LogP contribution < -0.4 is 21.3 Å². The van der Waals surface area contributed by atoms with Crippen LogP contribution in [0, 0.1) is 0 Å². The van der Waals surface area contributed by atoms with E-state index in [1.54, 1.807) is 0 Å². The van der Waals surface area contributed by atoms with Crippen LogP contribution in [0.15, 0.2) is 58.3 Å². The molecule has 0 spiro atoms. The van der Waals surface area contributed by atoms with Gasteiger partial charge in [-0.1, -0.05) is 12.1 Å². The summed E-state index contributed by atoms with van der Waals surface area (Å²) in [6, 6.07) is 10.7. The van der Waals surface area contributed by atoms with Crippen molar-refractivity contribution in [3.8, 4) is 0 Å². The second-order valence-corrected chi connectivity index (χ2v) is 7.58. The van der Waals surface area contributed by atoms with E-state index in [4.69, 9.17) is 0 Å². The molecule has 0 aliphatic heterocycles. The second kappa shape index (κ2) is 8.97. The average molecular weight is 418 g/mol. The van der Waals surface area contributed by atoms with Gasteiger partial charge in [-0.25, -0.2) is 8.42 Å². The van der Waals surface area contributed by atoms with Gasteiger partial charge in [0.05, 0.1) is 9.79 Å². The lowest BCUT2D eigenvalue weighted by Crippen LogP contribution is -2.32. The Bertz CT molecular complexity index is 1000. The van der Waals surface area contributed by atoms with E-state index >= 15 is 0 Å². The summed E-state index contributed by atoms with van der Waals surface area (Å²) in [5, 5.41) is 8.91. The van der Waals surface area contributed by atoms with Gasteiger partial charge in [0.2, 0.25) is 9.84 Å². The number of nitrogens with one attached hydrogen (secondary N) is 4. The van der Waals surface area contributed by atoms with Crippen LogP contribution in [0.1, 0.15) is 0 Å². The standard InChI is InChI=1S/C18H18N4O6S/c1-19-15(23)17(25)21-11-5-3-7-13(9-11)29(27,28)14-8-4-6-12(10-14)22-18(26)16(24)20-2/h3-10H,1-2H3,(H,19,23)(H,20,24)(H,21,25)(H,22,26). The number of hydrogen-bond acceptors (Lipinski definition) is 6. The lowest BCUT2D eigenvalue weighted by molar-refractivity contribution is -0.135. The quantitative estimate of drug-likeness (QED) is 0.509. The molecule has 2 rings (SSSR count). The van der Waals surface area contributed by atoms with E-state index < -0.39 is 33.5 Å². The van der Waals surface area contributed by atoms with Gasteiger partial charge in [-0.05, 0) is 36.4 Å². The topological polar surface area (TPSA) is 151 Å². The van der Waals surface area contributed by atoms with Gasteiger partial charge in [-0.15, -0.1) is 0 Å². The van der Waals surface area contributed by atoms with E-state index in [1.807, 2.05) is 0 Å². The fourth-order valence-electron chi connectivity index (χ4n) is 2.22. The van der Waals surface area contributed by atoms with Crippen molar-refractivity contribution in [2.24, 2.45) is 0 Å². The number of rotatable bonds is 4. The van der Waals surface area contributed by atoms with E-state index in [2.05, 4.69) is 21.3 Å². The van der Waals surface area contributed by atoms with Gasteiger partial charge in [-0.3, -0.25) is 19.2 Å². The Morgan fingerprint density at radius 2 is 1.03 bits per heavy atom. The third-order valence-corrected chi connectivity index (χ3v) is 5.42. The Kier molecular flexibility index (Phi) is 6.67. The molecule has 4 N–H and O–H groups in total. The molecule has 0 fully saturated rings. The van der Waals surface area contributed by atoms with Crippen LogP contribution in [0.3, 0.4) is 0 Å². The molecule has 152 valence electrons. The first kappa shape index (κ1) is 21.6. The van der Waals surface area contributed by atoms with Gasteiger partial charge >= 0.3 is 23.6 Å². The van der Waals surface area contributed by atoms with Gasteiger partial charge in [0.15, 0.2) is 0 Å². The molecule has 10 nitrogen and oxygen atoms in total. The number of amides is 4. The smallest absolute Gasteiger partial charge is 0.313 e. The Morgan fingerprint density at radius 1 is 0.655 bits per heavy atom. The Balaban J connectivity index is 2.31. The number of carbonyl (C=O) groups is 4. The van der Waals surface area contributed by atoms with Gasteiger partial charge in [-0.2, -0.15) is 0 Å². The molecule has 0 saturated carbocycles. The predicted octanol–water partition coefficient (Wildman–Crippen LogP) is -0.112. The minimum atomic E-state index is -4.01. The summed E-state index contributed by atoms with van der Waals surface area (Å²) in [4.78, 5) is 45.7. The van der Waals surface area contributed by atoms with E-state index in [0.717, 1.165) is 0 Å². The lowest BCUT2D eigenvalue weighted by atomic mass is 10.3. The van der Waals surface area contributed by atoms with E-state index in [0.29, 0.717) is 0 Å². The zero-order chi connectivity index (χ0) is 21.6. The van der Waals surface area contributed by atoms with Crippen molar-refractivity contribution in [3.63, 3.8) is 0 Å². The van der Waals surface area contributed by atoms with Gasteiger partial charge in [0, 0.05) is 25.5 Å². The molecule has 0 heterocycles. The van der Waals surface area contributed by atoms with Gasteiger partial charge in [0.25, 0.3) is 0 Å². The highest BCUT2D eigenvalue weighted by molar-refractivity contribution is 7.91. The summed E-state index contributed by atoms with van der Waals surface area (Å²) in [6.07, 6.45) is 0. The minimum Gasteiger partial charge on any atom is -0.351 e. The average Bonchev–Trinajstić information content (AvgIpc) is 2.72. The molecule has 0 radical (unpaired) electrons. The maximum atomic E-state index is 12.9. The SMILES string of the molecule is CNC(=O)C(=O)Nc1cccc(S(=O)(=O)c2cccc(NC(=O)C(=O)NC)c2)c1. The number of carbonyl (C=O) groups excluding carboxylic acids is 4. The summed E-state index contributed by atoms with van der Waals surface area (Å²) < 4.78 is 25.8. The molecule has 0 bridgehead atoms. The third kappa shape index (κ3) is 5.17. The summed E-state index contributed by atoms with van der Waals surface area (Å²) >= 11 is 0. The van der Waals surface area contributed by atoms with Crippen molar-refractivity contribution in [3.05, 3.63) is 48.5 Å². The maximum Gasteiger partial charge on any atom is 0.313 e. The van der Waals surface area contributed by atoms with Gasteiger partial charge in [0.1, 0.15) is 0 Å². The fourth-order valence-corrected chi connectivity index (χ4v) is 3.57. The van der Waals surface area contributed by atoms with Crippen molar-refractivity contribution in [2.45, 2.75) is 9.79 Å². The highest BCUT2D eigenvalue weighted by atomic mass is 32.2. The molecule has 0 aliphatic rings. The Labute approximate surface area is 166 Å². The summed E-state index contributed by atoms with van der Waals surface area (Å²) in [7, 11) is -1.43. The molecule has 29 heavy (non-hydrogen) atoms. The number of sulfone groups is 1. The van der Waals surface area contributed by atoms with Crippen LogP contribution >= 0.6 is 0 Å². The van der Waals surface area contributed by atoms with Crippen molar-refractivity contribution in [2.75, 3.05) is 24.7 Å². The molecule has 4 amide bonds. The monoisotopic (exact) mass is 418 g/mol. The molecule has 11 heteroatoms. The van der Waals surface area contributed by atoms with Crippen LogP contribution in [0.2, 0.25) is 0 Å². The van der Waals surface area contributed by atoms with Crippen LogP contribution in [-0.4, -0.2) is 46.1 Å². The van der Waals surface area contributed by atoms with Crippen molar-refractivity contribution in [1.82, 2.24) is 10.6 Å². The molecule has 2 aromatic carbocycles. The summed E-state index contributed by atoms with van der Waals surface area (Å²) in [6.45, 7) is 0. The largest absolute Gasteiger partial charge is 0.351 e. The molecule has 0 saturated heterocycles. The van der Waals surface area contributed by atoms with Crippen LogP contribution in [-0.2, 0) is 29.0 Å². The lowest BCUT2D eigenvalue weighted by Gasteiger charge is -2.10. The normalized spacial score (nSPS) is 10.6. The van der Waals surface area contributed by atoms with E-state index in [1.165, 1.54) is 62.6 Å².